The van der Waals surface area contributed by atoms with Gasteiger partial charge in [-0.05, 0) is 25.9 Å². The van der Waals surface area contributed by atoms with E-state index in [-0.39, 0.29) is 5.78 Å². The maximum atomic E-state index is 11.8. The van der Waals surface area contributed by atoms with Crippen LogP contribution in [0.3, 0.4) is 0 Å². The predicted octanol–water partition coefficient (Wildman–Crippen LogP) is 1.10. The first-order valence-corrected chi connectivity index (χ1v) is 5.86. The van der Waals surface area contributed by atoms with Gasteiger partial charge in [0.25, 0.3) is 0 Å². The van der Waals surface area contributed by atoms with E-state index >= 15 is 0 Å². The highest BCUT2D eigenvalue weighted by molar-refractivity contribution is 6.30. The Balaban J connectivity index is 1.99. The molecule has 0 spiro atoms. The Kier molecular flexibility index (Phi) is 3.30. The number of hydrogen-bond donors (Lipinski definition) is 1. The summed E-state index contributed by atoms with van der Waals surface area (Å²) in [5, 5.41) is 7.94. The minimum absolute atomic E-state index is 0.254. The standard InChI is InChI=1S/C11H16ClN3O/c1-7-10(11(12)15(2)14-7)4-9(16)3-8-5-13-6-8/h8,13H,3-6H2,1-2H3. The molecule has 1 saturated heterocycles. The molecule has 0 amide bonds. The molecule has 2 rings (SSSR count). The van der Waals surface area contributed by atoms with E-state index in [9.17, 15) is 4.79 Å². The molecule has 1 aromatic heterocycles. The molecule has 0 bridgehead atoms. The number of halogens is 1. The highest BCUT2D eigenvalue weighted by atomic mass is 35.5. The lowest BCUT2D eigenvalue weighted by atomic mass is 9.94. The van der Waals surface area contributed by atoms with Crippen LogP contribution in [0, 0.1) is 12.8 Å². The largest absolute Gasteiger partial charge is 0.316 e. The maximum Gasteiger partial charge on any atom is 0.137 e. The Morgan fingerprint density at radius 3 is 2.75 bits per heavy atom. The van der Waals surface area contributed by atoms with Gasteiger partial charge in [-0.15, -0.1) is 0 Å². The molecule has 0 saturated carbocycles. The van der Waals surface area contributed by atoms with Gasteiger partial charge < -0.3 is 5.32 Å². The molecule has 0 radical (unpaired) electrons. The summed E-state index contributed by atoms with van der Waals surface area (Å²) in [6.45, 7) is 3.82. The third-order valence-electron chi connectivity index (χ3n) is 3.03. The summed E-state index contributed by atoms with van der Waals surface area (Å²) in [6, 6.07) is 0. The van der Waals surface area contributed by atoms with Gasteiger partial charge in [-0.25, -0.2) is 0 Å². The van der Waals surface area contributed by atoms with Crippen LogP contribution >= 0.6 is 11.6 Å². The molecule has 1 aromatic rings. The molecule has 0 aromatic carbocycles. The number of rotatable bonds is 4. The summed E-state index contributed by atoms with van der Waals surface area (Å²) in [6.07, 6.45) is 1.06. The van der Waals surface area contributed by atoms with E-state index in [2.05, 4.69) is 10.4 Å². The fourth-order valence-electron chi connectivity index (χ4n) is 1.96. The van der Waals surface area contributed by atoms with E-state index in [4.69, 9.17) is 11.6 Å². The van der Waals surface area contributed by atoms with Gasteiger partial charge in [0.2, 0.25) is 0 Å². The number of aromatic nitrogens is 2. The number of nitrogens with zero attached hydrogens (tertiary/aromatic N) is 2. The lowest BCUT2D eigenvalue weighted by molar-refractivity contribution is -0.119. The molecule has 1 N–H and O–H groups in total. The average molecular weight is 242 g/mol. The first kappa shape index (κ1) is 11.6. The topological polar surface area (TPSA) is 46.9 Å². The van der Waals surface area contributed by atoms with Crippen molar-refractivity contribution in [3.8, 4) is 0 Å². The van der Waals surface area contributed by atoms with Crippen LogP contribution in [0.5, 0.6) is 0 Å². The Morgan fingerprint density at radius 2 is 2.31 bits per heavy atom. The number of carbonyl (C=O) groups excluding carboxylic acids is 1. The Labute approximate surface area is 100.0 Å². The van der Waals surface area contributed by atoms with Gasteiger partial charge >= 0.3 is 0 Å². The van der Waals surface area contributed by atoms with Crippen LogP contribution in [0.15, 0.2) is 0 Å². The Morgan fingerprint density at radius 1 is 1.62 bits per heavy atom. The van der Waals surface area contributed by atoms with E-state index < -0.39 is 0 Å². The van der Waals surface area contributed by atoms with E-state index in [1.165, 1.54) is 0 Å². The molecule has 1 aliphatic heterocycles. The molecule has 4 nitrogen and oxygen atoms in total. The second-order valence-corrected chi connectivity index (χ2v) is 4.78. The third-order valence-corrected chi connectivity index (χ3v) is 3.50. The van der Waals surface area contributed by atoms with Crippen molar-refractivity contribution < 1.29 is 4.79 Å². The zero-order chi connectivity index (χ0) is 11.7. The fourth-order valence-corrected chi connectivity index (χ4v) is 2.20. The van der Waals surface area contributed by atoms with Crippen LogP contribution in [0.1, 0.15) is 17.7 Å². The van der Waals surface area contributed by atoms with Crippen molar-refractivity contribution in [1.82, 2.24) is 15.1 Å². The maximum absolute atomic E-state index is 11.8. The number of Topliss-reactive ketones (excluding diaryl/α,β-unsaturated/α-hetero) is 1. The molecular weight excluding hydrogens is 226 g/mol. The van der Waals surface area contributed by atoms with Gasteiger partial charge in [0.05, 0.1) is 5.69 Å². The summed E-state index contributed by atoms with van der Waals surface area (Å²) in [4.78, 5) is 11.8. The SMILES string of the molecule is Cc1nn(C)c(Cl)c1CC(=O)CC1CNC1. The molecule has 2 heterocycles. The second-order valence-electron chi connectivity index (χ2n) is 4.42. The Hall–Kier alpha value is -0.870. The minimum atomic E-state index is 0.254. The van der Waals surface area contributed by atoms with Crippen molar-refractivity contribution >= 4 is 17.4 Å². The van der Waals surface area contributed by atoms with E-state index in [1.807, 2.05) is 6.92 Å². The van der Waals surface area contributed by atoms with Gasteiger partial charge in [0.15, 0.2) is 0 Å². The number of carbonyl (C=O) groups is 1. The molecule has 1 fully saturated rings. The summed E-state index contributed by atoms with van der Waals surface area (Å²) in [5.41, 5.74) is 1.73. The smallest absolute Gasteiger partial charge is 0.137 e. The molecule has 0 aliphatic carbocycles. The molecule has 0 atom stereocenters. The predicted molar refractivity (Wildman–Crippen MR) is 62.6 cm³/mol. The minimum Gasteiger partial charge on any atom is -0.316 e. The molecule has 5 heteroatoms. The summed E-state index contributed by atoms with van der Waals surface area (Å²) >= 11 is 6.08. The van der Waals surface area contributed by atoms with Crippen molar-refractivity contribution in [2.45, 2.75) is 19.8 Å². The third kappa shape index (κ3) is 2.28. The lowest BCUT2D eigenvalue weighted by Crippen LogP contribution is -2.43. The average Bonchev–Trinajstić information content (AvgIpc) is 2.39. The van der Waals surface area contributed by atoms with Crippen molar-refractivity contribution in [2.75, 3.05) is 13.1 Å². The molecule has 1 aliphatic rings. The Bertz CT molecular complexity index is 410. The zero-order valence-corrected chi connectivity index (χ0v) is 10.3. The van der Waals surface area contributed by atoms with Crippen LogP contribution in [0.25, 0.3) is 0 Å². The molecule has 0 unspecified atom stereocenters. The second kappa shape index (κ2) is 4.55. The highest BCUT2D eigenvalue weighted by Crippen LogP contribution is 2.21. The normalized spacial score (nSPS) is 16.2. The zero-order valence-electron chi connectivity index (χ0n) is 9.59. The van der Waals surface area contributed by atoms with E-state index in [0.717, 1.165) is 24.3 Å². The van der Waals surface area contributed by atoms with Gasteiger partial charge in [-0.1, -0.05) is 11.6 Å². The van der Waals surface area contributed by atoms with Crippen LogP contribution < -0.4 is 5.32 Å². The fraction of sp³-hybridized carbons (Fsp3) is 0.636. The van der Waals surface area contributed by atoms with Gasteiger partial charge in [-0.2, -0.15) is 5.10 Å². The van der Waals surface area contributed by atoms with E-state index in [0.29, 0.717) is 23.9 Å². The number of ketones is 1. The quantitative estimate of drug-likeness (QED) is 0.859. The van der Waals surface area contributed by atoms with Crippen LogP contribution in [-0.4, -0.2) is 28.7 Å². The van der Waals surface area contributed by atoms with Crippen LogP contribution in [0.4, 0.5) is 0 Å². The van der Waals surface area contributed by atoms with Gasteiger partial charge in [0, 0.05) is 25.5 Å². The molecular formula is C11H16ClN3O. The first-order chi connectivity index (χ1) is 7.58. The van der Waals surface area contributed by atoms with Crippen molar-refractivity contribution in [3.05, 3.63) is 16.4 Å². The van der Waals surface area contributed by atoms with Crippen LogP contribution in [0.2, 0.25) is 5.15 Å². The number of nitrogens with one attached hydrogen (secondary N) is 1. The van der Waals surface area contributed by atoms with Crippen molar-refractivity contribution in [3.63, 3.8) is 0 Å². The lowest BCUT2D eigenvalue weighted by Gasteiger charge is -2.26. The number of aryl methyl sites for hydroxylation is 2. The molecule has 16 heavy (non-hydrogen) atoms. The summed E-state index contributed by atoms with van der Waals surface area (Å²) in [5.74, 6) is 0.771. The van der Waals surface area contributed by atoms with Crippen LogP contribution in [-0.2, 0) is 18.3 Å². The number of hydrogen-bond acceptors (Lipinski definition) is 3. The first-order valence-electron chi connectivity index (χ1n) is 5.48. The highest BCUT2D eigenvalue weighted by Gasteiger charge is 2.22. The summed E-state index contributed by atoms with van der Waals surface area (Å²) < 4.78 is 1.62. The van der Waals surface area contributed by atoms with E-state index in [1.54, 1.807) is 11.7 Å². The van der Waals surface area contributed by atoms with Gasteiger partial charge in [-0.3, -0.25) is 9.48 Å². The summed E-state index contributed by atoms with van der Waals surface area (Å²) in [7, 11) is 1.79. The molecule has 88 valence electrons. The monoisotopic (exact) mass is 241 g/mol. The van der Waals surface area contributed by atoms with Gasteiger partial charge in [0.1, 0.15) is 10.9 Å². The van der Waals surface area contributed by atoms with Crippen molar-refractivity contribution in [2.24, 2.45) is 13.0 Å². The van der Waals surface area contributed by atoms with Crippen molar-refractivity contribution in [1.29, 1.82) is 0 Å².